The maximum atomic E-state index is 12.9. The quantitative estimate of drug-likeness (QED) is 0.741. The minimum Gasteiger partial charge on any atom is -0.478 e. The Balaban J connectivity index is 1.87. The second kappa shape index (κ2) is 7.92. The Hall–Kier alpha value is -2.67. The predicted octanol–water partition coefficient (Wildman–Crippen LogP) is 3.51. The molecule has 1 aromatic heterocycles. The van der Waals surface area contributed by atoms with E-state index in [0.717, 1.165) is 25.1 Å². The van der Waals surface area contributed by atoms with Crippen molar-refractivity contribution < 1.29 is 19.4 Å². The van der Waals surface area contributed by atoms with Crippen LogP contribution in [0.5, 0.6) is 0 Å². The van der Waals surface area contributed by atoms with Crippen LogP contribution in [0.2, 0.25) is 0 Å². The number of methoxy groups -OCH3 is 1. The summed E-state index contributed by atoms with van der Waals surface area (Å²) in [6.45, 7) is 5.27. The van der Waals surface area contributed by atoms with Crippen LogP contribution in [0.3, 0.4) is 0 Å². The van der Waals surface area contributed by atoms with Crippen molar-refractivity contribution in [1.29, 1.82) is 0 Å². The first kappa shape index (κ1) is 19.1. The zero-order valence-electron chi connectivity index (χ0n) is 15.9. The summed E-state index contributed by atoms with van der Waals surface area (Å²) in [5.41, 5.74) is 2.77. The van der Waals surface area contributed by atoms with Crippen molar-refractivity contribution >= 4 is 17.6 Å². The maximum Gasteiger partial charge on any atom is 0.335 e. The molecule has 0 spiro atoms. The number of ether oxygens (including phenoxy) is 1. The zero-order chi connectivity index (χ0) is 19.6. The molecular formula is C20H25N3O4. The monoisotopic (exact) mass is 371 g/mol. The Kier molecular flexibility index (Phi) is 5.60. The van der Waals surface area contributed by atoms with Gasteiger partial charge in [0.15, 0.2) is 0 Å². The van der Waals surface area contributed by atoms with E-state index in [2.05, 4.69) is 24.3 Å². The highest BCUT2D eigenvalue weighted by atomic mass is 16.5. The van der Waals surface area contributed by atoms with Gasteiger partial charge in [0.05, 0.1) is 29.6 Å². The molecule has 0 atom stereocenters. The summed E-state index contributed by atoms with van der Waals surface area (Å²) in [6.07, 6.45) is 3.75. The van der Waals surface area contributed by atoms with Gasteiger partial charge >= 0.3 is 5.97 Å². The van der Waals surface area contributed by atoms with Crippen LogP contribution >= 0.6 is 0 Å². The Morgan fingerprint density at radius 3 is 2.67 bits per heavy atom. The molecule has 27 heavy (non-hydrogen) atoms. The molecule has 3 rings (SSSR count). The third-order valence-corrected chi connectivity index (χ3v) is 4.44. The lowest BCUT2D eigenvalue weighted by molar-refractivity contribution is 0.0696. The number of carboxylic acids is 1. The molecule has 144 valence electrons. The lowest BCUT2D eigenvalue weighted by Gasteiger charge is -2.12. The number of nitrogens with zero attached hydrogens (tertiary/aromatic N) is 2. The van der Waals surface area contributed by atoms with E-state index in [1.54, 1.807) is 12.3 Å². The fraction of sp³-hybridized carbons (Fsp3) is 0.450. The van der Waals surface area contributed by atoms with Gasteiger partial charge in [-0.05, 0) is 42.5 Å². The van der Waals surface area contributed by atoms with Crippen LogP contribution in [0, 0.1) is 5.92 Å². The summed E-state index contributed by atoms with van der Waals surface area (Å²) in [4.78, 5) is 24.2. The average Bonchev–Trinajstić information content (AvgIpc) is 3.35. The minimum atomic E-state index is -1.05. The largest absolute Gasteiger partial charge is 0.478 e. The standard InChI is InChI=1S/C20H25N3O4/c1-12(2)10-23-18(14-4-5-14)17(9-21-23)19(24)22-16-7-13(11-27-3)6-15(8-16)20(25)26/h6-9,12,14H,4-5,10-11H2,1-3H3,(H,22,24)(H,25,26). The van der Waals surface area contributed by atoms with Crippen molar-refractivity contribution in [2.75, 3.05) is 12.4 Å². The number of amides is 1. The fourth-order valence-corrected chi connectivity index (χ4v) is 3.18. The SMILES string of the molecule is COCc1cc(NC(=O)c2cnn(CC(C)C)c2C2CC2)cc(C(=O)O)c1. The van der Waals surface area contributed by atoms with E-state index in [-0.39, 0.29) is 18.1 Å². The molecule has 1 aliphatic carbocycles. The van der Waals surface area contributed by atoms with E-state index in [1.807, 2.05) is 4.68 Å². The van der Waals surface area contributed by atoms with Gasteiger partial charge in [-0.3, -0.25) is 9.48 Å². The van der Waals surface area contributed by atoms with Crippen LogP contribution in [0.4, 0.5) is 5.69 Å². The highest BCUT2D eigenvalue weighted by Crippen LogP contribution is 2.42. The highest BCUT2D eigenvalue weighted by Gasteiger charge is 2.32. The fourth-order valence-electron chi connectivity index (χ4n) is 3.18. The lowest BCUT2D eigenvalue weighted by atomic mass is 10.1. The van der Waals surface area contributed by atoms with Crippen molar-refractivity contribution in [2.45, 2.75) is 45.8 Å². The van der Waals surface area contributed by atoms with Gasteiger partial charge in [0, 0.05) is 25.3 Å². The number of hydrogen-bond acceptors (Lipinski definition) is 4. The zero-order valence-corrected chi connectivity index (χ0v) is 15.9. The molecule has 7 nitrogen and oxygen atoms in total. The molecule has 1 aromatic carbocycles. The third kappa shape index (κ3) is 4.54. The van der Waals surface area contributed by atoms with Gasteiger partial charge in [0.2, 0.25) is 0 Å². The van der Waals surface area contributed by atoms with Crippen molar-refractivity contribution in [3.63, 3.8) is 0 Å². The summed E-state index contributed by atoms with van der Waals surface area (Å²) >= 11 is 0. The molecule has 1 fully saturated rings. The smallest absolute Gasteiger partial charge is 0.335 e. The normalized spacial score (nSPS) is 13.8. The molecule has 1 aliphatic rings. The van der Waals surface area contributed by atoms with E-state index in [1.165, 1.54) is 19.2 Å². The molecule has 1 heterocycles. The van der Waals surface area contributed by atoms with Crippen molar-refractivity contribution in [1.82, 2.24) is 9.78 Å². The van der Waals surface area contributed by atoms with Gasteiger partial charge in [-0.25, -0.2) is 4.79 Å². The number of anilines is 1. The van der Waals surface area contributed by atoms with Crippen LogP contribution in [0.15, 0.2) is 24.4 Å². The predicted molar refractivity (Wildman–Crippen MR) is 101 cm³/mol. The number of aromatic nitrogens is 2. The Labute approximate surface area is 158 Å². The van der Waals surface area contributed by atoms with Gasteiger partial charge in [-0.15, -0.1) is 0 Å². The van der Waals surface area contributed by atoms with Gasteiger partial charge in [-0.2, -0.15) is 5.10 Å². The third-order valence-electron chi connectivity index (χ3n) is 4.44. The number of hydrogen-bond donors (Lipinski definition) is 2. The number of carbonyl (C=O) groups is 2. The lowest BCUT2D eigenvalue weighted by Crippen LogP contribution is -2.16. The molecule has 7 heteroatoms. The summed E-state index contributed by atoms with van der Waals surface area (Å²) in [7, 11) is 1.54. The number of carboxylic acid groups (broad SMARTS) is 1. The first-order chi connectivity index (χ1) is 12.9. The highest BCUT2D eigenvalue weighted by molar-refractivity contribution is 6.05. The average molecular weight is 371 g/mol. The molecule has 1 amide bonds. The molecule has 0 aliphatic heterocycles. The van der Waals surface area contributed by atoms with Crippen LogP contribution in [-0.2, 0) is 17.9 Å². The molecule has 0 bridgehead atoms. The summed E-state index contributed by atoms with van der Waals surface area (Å²) < 4.78 is 7.02. The molecule has 0 radical (unpaired) electrons. The number of benzene rings is 1. The van der Waals surface area contributed by atoms with E-state index in [0.29, 0.717) is 28.7 Å². The van der Waals surface area contributed by atoms with Crippen LogP contribution in [-0.4, -0.2) is 33.9 Å². The molecule has 1 saturated carbocycles. The minimum absolute atomic E-state index is 0.109. The molecule has 0 saturated heterocycles. The maximum absolute atomic E-state index is 12.9. The number of carbonyl (C=O) groups excluding carboxylic acids is 1. The second-order valence-corrected chi connectivity index (χ2v) is 7.40. The van der Waals surface area contributed by atoms with E-state index in [9.17, 15) is 14.7 Å². The molecule has 0 unspecified atom stereocenters. The van der Waals surface area contributed by atoms with Gasteiger partial charge in [0.25, 0.3) is 5.91 Å². The Morgan fingerprint density at radius 2 is 2.07 bits per heavy atom. The van der Waals surface area contributed by atoms with Crippen molar-refractivity contribution in [3.05, 3.63) is 46.8 Å². The van der Waals surface area contributed by atoms with Crippen LogP contribution < -0.4 is 5.32 Å². The van der Waals surface area contributed by atoms with Crippen LogP contribution in [0.25, 0.3) is 0 Å². The number of aromatic carboxylic acids is 1. The van der Waals surface area contributed by atoms with Gasteiger partial charge in [0.1, 0.15) is 0 Å². The number of rotatable bonds is 8. The molecule has 2 aromatic rings. The van der Waals surface area contributed by atoms with Crippen molar-refractivity contribution in [3.8, 4) is 0 Å². The van der Waals surface area contributed by atoms with E-state index >= 15 is 0 Å². The van der Waals surface area contributed by atoms with E-state index < -0.39 is 5.97 Å². The first-order valence-electron chi connectivity index (χ1n) is 9.12. The van der Waals surface area contributed by atoms with Gasteiger partial charge < -0.3 is 15.2 Å². The Bertz CT molecular complexity index is 853. The van der Waals surface area contributed by atoms with E-state index in [4.69, 9.17) is 4.74 Å². The summed E-state index contributed by atoms with van der Waals surface area (Å²) in [5, 5.41) is 16.5. The Morgan fingerprint density at radius 1 is 1.33 bits per heavy atom. The first-order valence-corrected chi connectivity index (χ1v) is 9.12. The summed E-state index contributed by atoms with van der Waals surface area (Å²) in [6, 6.07) is 4.72. The van der Waals surface area contributed by atoms with Crippen molar-refractivity contribution in [2.24, 2.45) is 5.92 Å². The van der Waals surface area contributed by atoms with Crippen LogP contribution in [0.1, 0.15) is 64.6 Å². The summed E-state index contributed by atoms with van der Waals surface area (Å²) in [5.74, 6) is -0.506. The molecular weight excluding hydrogens is 346 g/mol. The second-order valence-electron chi connectivity index (χ2n) is 7.40. The number of nitrogens with one attached hydrogen (secondary N) is 1. The topological polar surface area (TPSA) is 93.5 Å². The molecule has 2 N–H and O–H groups in total. The van der Waals surface area contributed by atoms with Gasteiger partial charge in [-0.1, -0.05) is 13.8 Å².